The van der Waals surface area contributed by atoms with Crippen LogP contribution in [-0.2, 0) is 11.2 Å². The van der Waals surface area contributed by atoms with Gasteiger partial charge in [-0.1, -0.05) is 6.07 Å². The average Bonchev–Trinajstić information content (AvgIpc) is 2.93. The number of pyridine rings is 1. The standard InChI is InChI=1S/C21H17N5O3/c1-12-8-14(19-15(9-12)20(28)26(2)21(19)29)10-18(27)23-17-6-5-16(24-25-17)13-4-3-7-22-11-13/h3-9,11H,10H2,1-2H3,(H,23,25,27). The molecule has 29 heavy (non-hydrogen) atoms. The lowest BCUT2D eigenvalue weighted by Crippen LogP contribution is -2.25. The van der Waals surface area contributed by atoms with Gasteiger partial charge in [-0.15, -0.1) is 10.2 Å². The summed E-state index contributed by atoms with van der Waals surface area (Å²) in [7, 11) is 1.43. The molecule has 2 aromatic heterocycles. The van der Waals surface area contributed by atoms with Crippen molar-refractivity contribution in [3.63, 3.8) is 0 Å². The monoisotopic (exact) mass is 387 g/mol. The number of fused-ring (bicyclic) bond motifs is 1. The minimum absolute atomic E-state index is 0.0527. The van der Waals surface area contributed by atoms with Crippen LogP contribution in [0.25, 0.3) is 11.3 Å². The van der Waals surface area contributed by atoms with Crippen molar-refractivity contribution in [1.29, 1.82) is 0 Å². The predicted octanol–water partition coefficient (Wildman–Crippen LogP) is 2.25. The van der Waals surface area contributed by atoms with E-state index >= 15 is 0 Å². The molecule has 0 fully saturated rings. The first-order valence-corrected chi connectivity index (χ1v) is 8.94. The van der Waals surface area contributed by atoms with Crippen molar-refractivity contribution in [3.05, 3.63) is 71.0 Å². The van der Waals surface area contributed by atoms with Gasteiger partial charge in [0.2, 0.25) is 5.91 Å². The number of carbonyl (C=O) groups is 3. The molecule has 1 aromatic carbocycles. The molecule has 0 atom stereocenters. The van der Waals surface area contributed by atoms with Crippen molar-refractivity contribution in [2.75, 3.05) is 12.4 Å². The zero-order valence-electron chi connectivity index (χ0n) is 15.8. The smallest absolute Gasteiger partial charge is 0.261 e. The van der Waals surface area contributed by atoms with Crippen LogP contribution in [0.3, 0.4) is 0 Å². The van der Waals surface area contributed by atoms with Crippen LogP contribution < -0.4 is 5.32 Å². The van der Waals surface area contributed by atoms with Gasteiger partial charge in [-0.2, -0.15) is 0 Å². The van der Waals surface area contributed by atoms with E-state index in [1.165, 1.54) is 7.05 Å². The second-order valence-corrected chi connectivity index (χ2v) is 6.79. The summed E-state index contributed by atoms with van der Waals surface area (Å²) in [4.78, 5) is 42.2. The lowest BCUT2D eigenvalue weighted by Gasteiger charge is -2.09. The number of amides is 3. The molecule has 0 saturated carbocycles. The molecule has 8 heteroatoms. The highest BCUT2D eigenvalue weighted by atomic mass is 16.2. The molecule has 3 amide bonds. The van der Waals surface area contributed by atoms with Gasteiger partial charge in [-0.25, -0.2) is 0 Å². The Balaban J connectivity index is 1.52. The number of imide groups is 1. The molecule has 1 aliphatic heterocycles. The van der Waals surface area contributed by atoms with Gasteiger partial charge in [0.1, 0.15) is 0 Å². The Kier molecular flexibility index (Phi) is 4.59. The molecule has 0 aliphatic carbocycles. The Morgan fingerprint density at radius 3 is 2.62 bits per heavy atom. The summed E-state index contributed by atoms with van der Waals surface area (Å²) in [5.74, 6) is -0.803. The summed E-state index contributed by atoms with van der Waals surface area (Å²) in [5.41, 5.74) is 3.40. The van der Waals surface area contributed by atoms with Crippen LogP contribution in [0, 0.1) is 6.92 Å². The minimum atomic E-state index is -0.395. The van der Waals surface area contributed by atoms with Gasteiger partial charge in [0.15, 0.2) is 5.82 Å². The average molecular weight is 387 g/mol. The maximum absolute atomic E-state index is 12.5. The van der Waals surface area contributed by atoms with E-state index in [4.69, 9.17) is 0 Å². The second kappa shape index (κ2) is 7.23. The predicted molar refractivity (Wildman–Crippen MR) is 105 cm³/mol. The number of aromatic nitrogens is 3. The number of benzene rings is 1. The molecule has 0 spiro atoms. The van der Waals surface area contributed by atoms with E-state index in [2.05, 4.69) is 20.5 Å². The van der Waals surface area contributed by atoms with E-state index in [-0.39, 0.29) is 23.8 Å². The molecule has 0 unspecified atom stereocenters. The molecular weight excluding hydrogens is 370 g/mol. The van der Waals surface area contributed by atoms with Crippen LogP contribution in [0.15, 0.2) is 48.8 Å². The van der Waals surface area contributed by atoms with Crippen LogP contribution in [0.1, 0.15) is 31.8 Å². The molecule has 4 rings (SSSR count). The van der Waals surface area contributed by atoms with Crippen molar-refractivity contribution in [2.45, 2.75) is 13.3 Å². The third-order valence-electron chi connectivity index (χ3n) is 4.66. The van der Waals surface area contributed by atoms with Crippen molar-refractivity contribution < 1.29 is 14.4 Å². The Hall–Kier alpha value is -3.94. The van der Waals surface area contributed by atoms with Gasteiger partial charge < -0.3 is 5.32 Å². The Morgan fingerprint density at radius 2 is 1.93 bits per heavy atom. The number of hydrogen-bond acceptors (Lipinski definition) is 6. The molecule has 144 valence electrons. The summed E-state index contributed by atoms with van der Waals surface area (Å²) in [6, 6.07) is 10.5. The highest BCUT2D eigenvalue weighted by Crippen LogP contribution is 2.27. The van der Waals surface area contributed by atoms with Crippen LogP contribution in [0.4, 0.5) is 5.82 Å². The van der Waals surface area contributed by atoms with Crippen molar-refractivity contribution in [2.24, 2.45) is 0 Å². The maximum Gasteiger partial charge on any atom is 0.261 e. The number of carbonyl (C=O) groups excluding carboxylic acids is 3. The lowest BCUT2D eigenvalue weighted by atomic mass is 9.97. The number of rotatable bonds is 4. The SMILES string of the molecule is Cc1cc(CC(=O)Nc2ccc(-c3cccnc3)nn2)c2c(c1)C(=O)N(C)C2=O. The summed E-state index contributed by atoms with van der Waals surface area (Å²) in [6.45, 7) is 1.82. The molecule has 8 nitrogen and oxygen atoms in total. The number of anilines is 1. The number of nitrogens with zero attached hydrogens (tertiary/aromatic N) is 4. The Bertz CT molecular complexity index is 1130. The van der Waals surface area contributed by atoms with Crippen LogP contribution >= 0.6 is 0 Å². The highest BCUT2D eigenvalue weighted by Gasteiger charge is 2.35. The van der Waals surface area contributed by atoms with E-state index in [0.29, 0.717) is 22.6 Å². The fraction of sp³-hybridized carbons (Fsp3) is 0.143. The number of aryl methyl sites for hydroxylation is 1. The van der Waals surface area contributed by atoms with E-state index in [1.54, 1.807) is 42.7 Å². The van der Waals surface area contributed by atoms with Crippen LogP contribution in [-0.4, -0.2) is 44.9 Å². The van der Waals surface area contributed by atoms with Gasteiger partial charge >= 0.3 is 0 Å². The van der Waals surface area contributed by atoms with E-state index in [9.17, 15) is 14.4 Å². The fourth-order valence-corrected chi connectivity index (χ4v) is 3.29. The first-order valence-electron chi connectivity index (χ1n) is 8.94. The first-order chi connectivity index (χ1) is 13.9. The summed E-state index contributed by atoms with van der Waals surface area (Å²) in [5, 5.41) is 10.8. The summed E-state index contributed by atoms with van der Waals surface area (Å²) in [6.07, 6.45) is 3.29. The molecule has 3 aromatic rings. The fourth-order valence-electron chi connectivity index (χ4n) is 3.29. The summed E-state index contributed by atoms with van der Waals surface area (Å²) < 4.78 is 0. The van der Waals surface area contributed by atoms with Gasteiger partial charge in [-0.05, 0) is 48.4 Å². The normalized spacial score (nSPS) is 12.8. The zero-order valence-corrected chi connectivity index (χ0v) is 15.8. The Morgan fingerprint density at radius 1 is 1.10 bits per heavy atom. The minimum Gasteiger partial charge on any atom is -0.309 e. The van der Waals surface area contributed by atoms with Crippen molar-refractivity contribution >= 4 is 23.5 Å². The van der Waals surface area contributed by atoms with E-state index in [1.807, 2.05) is 13.0 Å². The molecule has 0 bridgehead atoms. The molecule has 1 aliphatic rings. The lowest BCUT2D eigenvalue weighted by molar-refractivity contribution is -0.115. The zero-order chi connectivity index (χ0) is 20.5. The van der Waals surface area contributed by atoms with E-state index < -0.39 is 5.91 Å². The molecule has 1 N–H and O–H groups in total. The highest BCUT2D eigenvalue weighted by molar-refractivity contribution is 6.22. The number of nitrogens with one attached hydrogen (secondary N) is 1. The van der Waals surface area contributed by atoms with Gasteiger partial charge in [0.25, 0.3) is 11.8 Å². The molecular formula is C21H17N5O3. The van der Waals surface area contributed by atoms with Crippen LogP contribution in [0.5, 0.6) is 0 Å². The first kappa shape index (κ1) is 18.4. The third-order valence-corrected chi connectivity index (χ3v) is 4.66. The molecule has 0 saturated heterocycles. The summed E-state index contributed by atoms with van der Waals surface area (Å²) >= 11 is 0. The van der Waals surface area contributed by atoms with Crippen molar-refractivity contribution in [1.82, 2.24) is 20.1 Å². The van der Waals surface area contributed by atoms with Gasteiger partial charge in [0.05, 0.1) is 23.2 Å². The Labute approximate surface area is 166 Å². The quantitative estimate of drug-likeness (QED) is 0.689. The second-order valence-electron chi connectivity index (χ2n) is 6.79. The van der Waals surface area contributed by atoms with Gasteiger partial charge in [0, 0.05) is 25.0 Å². The molecule has 3 heterocycles. The maximum atomic E-state index is 12.5. The molecule has 0 radical (unpaired) electrons. The van der Waals surface area contributed by atoms with Crippen molar-refractivity contribution in [3.8, 4) is 11.3 Å². The topological polar surface area (TPSA) is 105 Å². The van der Waals surface area contributed by atoms with Gasteiger partial charge in [-0.3, -0.25) is 24.3 Å². The third kappa shape index (κ3) is 3.47. The largest absolute Gasteiger partial charge is 0.309 e. The number of hydrogen-bond donors (Lipinski definition) is 1. The van der Waals surface area contributed by atoms with Crippen LogP contribution in [0.2, 0.25) is 0 Å². The van der Waals surface area contributed by atoms with E-state index in [0.717, 1.165) is 16.0 Å².